The largest absolute Gasteiger partial charge is 0.299 e. The molecule has 0 fully saturated rings. The van der Waals surface area contributed by atoms with Crippen molar-refractivity contribution in [2.45, 2.75) is 25.7 Å². The second-order valence-electron chi connectivity index (χ2n) is 4.64. The van der Waals surface area contributed by atoms with Crippen molar-refractivity contribution < 1.29 is 9.18 Å². The first-order valence-corrected chi connectivity index (χ1v) is 6.52. The van der Waals surface area contributed by atoms with Crippen LogP contribution >= 0.6 is 0 Å². The fraction of sp³-hybridized carbons (Fsp3) is 0.235. The Hall–Kier alpha value is -1.96. The first-order chi connectivity index (χ1) is 9.20. The summed E-state index contributed by atoms with van der Waals surface area (Å²) < 4.78 is 13.1. The summed E-state index contributed by atoms with van der Waals surface area (Å²) in [5.41, 5.74) is 1.77. The number of hydrogen-bond acceptors (Lipinski definition) is 1. The molecule has 0 aromatic heterocycles. The van der Waals surface area contributed by atoms with Crippen molar-refractivity contribution in [3.05, 3.63) is 71.5 Å². The topological polar surface area (TPSA) is 17.1 Å². The van der Waals surface area contributed by atoms with Gasteiger partial charge in [-0.25, -0.2) is 4.39 Å². The van der Waals surface area contributed by atoms with E-state index in [-0.39, 0.29) is 23.9 Å². The first kappa shape index (κ1) is 13.5. The van der Waals surface area contributed by atoms with Crippen molar-refractivity contribution in [2.75, 3.05) is 0 Å². The zero-order chi connectivity index (χ0) is 13.7. The maximum atomic E-state index is 13.1. The molecule has 1 unspecified atom stereocenters. The van der Waals surface area contributed by atoms with Crippen LogP contribution in [0.2, 0.25) is 0 Å². The average molecular weight is 256 g/mol. The SMILES string of the molecule is CCC(C(=O)Cc1cccc(F)c1)c1ccccc1. The molecular formula is C17H17FO. The zero-order valence-corrected chi connectivity index (χ0v) is 11.0. The summed E-state index contributed by atoms with van der Waals surface area (Å²) in [7, 11) is 0. The highest BCUT2D eigenvalue weighted by Gasteiger charge is 2.18. The highest BCUT2D eigenvalue weighted by molar-refractivity contribution is 5.87. The van der Waals surface area contributed by atoms with Crippen LogP contribution in [0.15, 0.2) is 54.6 Å². The summed E-state index contributed by atoms with van der Waals surface area (Å²) in [4.78, 5) is 12.3. The maximum absolute atomic E-state index is 13.1. The fourth-order valence-electron chi connectivity index (χ4n) is 2.31. The summed E-state index contributed by atoms with van der Waals surface area (Å²) >= 11 is 0. The van der Waals surface area contributed by atoms with Gasteiger partial charge in [0.05, 0.1) is 0 Å². The van der Waals surface area contributed by atoms with E-state index in [1.54, 1.807) is 12.1 Å². The van der Waals surface area contributed by atoms with Crippen LogP contribution in [0.5, 0.6) is 0 Å². The minimum atomic E-state index is -0.293. The second kappa shape index (κ2) is 6.28. The number of halogens is 1. The Morgan fingerprint density at radius 1 is 1.11 bits per heavy atom. The molecule has 0 radical (unpaired) electrons. The van der Waals surface area contributed by atoms with Crippen LogP contribution in [0.4, 0.5) is 4.39 Å². The molecule has 0 amide bonds. The molecule has 1 nitrogen and oxygen atoms in total. The summed E-state index contributed by atoms with van der Waals surface area (Å²) in [5, 5.41) is 0. The van der Waals surface area contributed by atoms with Gasteiger partial charge in [-0.15, -0.1) is 0 Å². The average Bonchev–Trinajstić information content (AvgIpc) is 2.41. The smallest absolute Gasteiger partial charge is 0.144 e. The van der Waals surface area contributed by atoms with E-state index in [0.29, 0.717) is 0 Å². The van der Waals surface area contributed by atoms with Gasteiger partial charge in [0.25, 0.3) is 0 Å². The van der Waals surface area contributed by atoms with Crippen LogP contribution in [0.1, 0.15) is 30.4 Å². The van der Waals surface area contributed by atoms with Crippen LogP contribution < -0.4 is 0 Å². The molecule has 0 saturated heterocycles. The Labute approximate surface area is 113 Å². The predicted molar refractivity (Wildman–Crippen MR) is 74.6 cm³/mol. The van der Waals surface area contributed by atoms with E-state index >= 15 is 0 Å². The molecule has 2 aromatic carbocycles. The third-order valence-electron chi connectivity index (χ3n) is 3.27. The van der Waals surface area contributed by atoms with Gasteiger partial charge < -0.3 is 0 Å². The lowest BCUT2D eigenvalue weighted by atomic mass is 9.89. The Bertz CT molecular complexity index is 548. The maximum Gasteiger partial charge on any atom is 0.144 e. The molecule has 2 rings (SSSR count). The standard InChI is InChI=1S/C17H17FO/c1-2-16(14-8-4-3-5-9-14)17(19)12-13-7-6-10-15(18)11-13/h3-11,16H,2,12H2,1H3. The van der Waals surface area contributed by atoms with E-state index in [1.807, 2.05) is 37.3 Å². The van der Waals surface area contributed by atoms with Gasteiger partial charge in [0.2, 0.25) is 0 Å². The molecule has 19 heavy (non-hydrogen) atoms. The van der Waals surface area contributed by atoms with E-state index in [9.17, 15) is 9.18 Å². The van der Waals surface area contributed by atoms with Crippen LogP contribution in [0.3, 0.4) is 0 Å². The molecule has 0 N–H and O–H groups in total. The summed E-state index contributed by atoms with van der Waals surface area (Å²) in [6, 6.07) is 16.0. The lowest BCUT2D eigenvalue weighted by Gasteiger charge is -2.14. The molecule has 1 atom stereocenters. The molecule has 0 saturated carbocycles. The third kappa shape index (κ3) is 3.50. The van der Waals surface area contributed by atoms with Crippen LogP contribution in [-0.2, 0) is 11.2 Å². The van der Waals surface area contributed by atoms with Gasteiger partial charge in [0.1, 0.15) is 11.6 Å². The van der Waals surface area contributed by atoms with E-state index in [0.717, 1.165) is 17.5 Å². The minimum absolute atomic E-state index is 0.107. The van der Waals surface area contributed by atoms with Crippen LogP contribution in [-0.4, -0.2) is 5.78 Å². The van der Waals surface area contributed by atoms with Gasteiger partial charge in [-0.05, 0) is 29.7 Å². The molecule has 2 heteroatoms. The number of ketones is 1. The lowest BCUT2D eigenvalue weighted by molar-refractivity contribution is -0.119. The summed E-state index contributed by atoms with van der Waals surface area (Å²) in [5.74, 6) is -0.262. The molecule has 0 bridgehead atoms. The molecule has 0 heterocycles. The third-order valence-corrected chi connectivity index (χ3v) is 3.27. The first-order valence-electron chi connectivity index (χ1n) is 6.52. The monoisotopic (exact) mass is 256 g/mol. The Morgan fingerprint density at radius 2 is 1.84 bits per heavy atom. The van der Waals surface area contributed by atoms with Crippen LogP contribution in [0.25, 0.3) is 0 Å². The van der Waals surface area contributed by atoms with E-state index < -0.39 is 0 Å². The molecule has 0 aliphatic carbocycles. The quantitative estimate of drug-likeness (QED) is 0.786. The number of hydrogen-bond donors (Lipinski definition) is 0. The van der Waals surface area contributed by atoms with Crippen molar-refractivity contribution in [3.63, 3.8) is 0 Å². The van der Waals surface area contributed by atoms with Crippen molar-refractivity contribution in [3.8, 4) is 0 Å². The van der Waals surface area contributed by atoms with Gasteiger partial charge in [-0.1, -0.05) is 49.4 Å². The van der Waals surface area contributed by atoms with E-state index in [1.165, 1.54) is 12.1 Å². The Balaban J connectivity index is 2.14. The predicted octanol–water partition coefficient (Wildman–Crippen LogP) is 4.13. The molecule has 98 valence electrons. The van der Waals surface area contributed by atoms with Crippen molar-refractivity contribution >= 4 is 5.78 Å². The van der Waals surface area contributed by atoms with Crippen molar-refractivity contribution in [1.29, 1.82) is 0 Å². The molecule has 0 aliphatic rings. The normalized spacial score (nSPS) is 12.1. The summed E-state index contributed by atoms with van der Waals surface area (Å²) in [6.07, 6.45) is 1.04. The Morgan fingerprint density at radius 3 is 2.47 bits per heavy atom. The number of Topliss-reactive ketones (excluding diaryl/α,β-unsaturated/α-hetero) is 1. The highest BCUT2D eigenvalue weighted by Crippen LogP contribution is 2.22. The Kier molecular flexibility index (Phi) is 4.45. The van der Waals surface area contributed by atoms with Gasteiger partial charge in [0.15, 0.2) is 0 Å². The lowest BCUT2D eigenvalue weighted by Crippen LogP contribution is -2.14. The van der Waals surface area contributed by atoms with Gasteiger partial charge >= 0.3 is 0 Å². The number of carbonyl (C=O) groups excluding carboxylic acids is 1. The van der Waals surface area contributed by atoms with Crippen molar-refractivity contribution in [1.82, 2.24) is 0 Å². The zero-order valence-electron chi connectivity index (χ0n) is 11.0. The fourth-order valence-corrected chi connectivity index (χ4v) is 2.31. The minimum Gasteiger partial charge on any atom is -0.299 e. The van der Waals surface area contributed by atoms with Crippen molar-refractivity contribution in [2.24, 2.45) is 0 Å². The molecule has 0 spiro atoms. The number of rotatable bonds is 5. The van der Waals surface area contributed by atoms with Crippen LogP contribution in [0, 0.1) is 5.82 Å². The number of carbonyl (C=O) groups is 1. The highest BCUT2D eigenvalue weighted by atomic mass is 19.1. The molecule has 2 aromatic rings. The second-order valence-corrected chi connectivity index (χ2v) is 4.64. The van der Waals surface area contributed by atoms with Gasteiger partial charge in [-0.3, -0.25) is 4.79 Å². The summed E-state index contributed by atoms with van der Waals surface area (Å²) in [6.45, 7) is 2.00. The molecular weight excluding hydrogens is 239 g/mol. The van der Waals surface area contributed by atoms with E-state index in [2.05, 4.69) is 0 Å². The van der Waals surface area contributed by atoms with Gasteiger partial charge in [0, 0.05) is 12.3 Å². The number of benzene rings is 2. The van der Waals surface area contributed by atoms with Gasteiger partial charge in [-0.2, -0.15) is 0 Å². The molecule has 0 aliphatic heterocycles. The van der Waals surface area contributed by atoms with E-state index in [4.69, 9.17) is 0 Å².